The number of benzene rings is 1. The number of anilines is 1. The number of nitrogens with one attached hydrogen (secondary N) is 1. The molecule has 0 aliphatic heterocycles. The lowest BCUT2D eigenvalue weighted by molar-refractivity contribution is 0.309. The van der Waals surface area contributed by atoms with E-state index in [9.17, 15) is 0 Å². The van der Waals surface area contributed by atoms with E-state index in [0.29, 0.717) is 24.1 Å². The topological polar surface area (TPSA) is 73.1 Å². The number of aromatic nitrogens is 2. The molecule has 0 spiro atoms. The lowest BCUT2D eigenvalue weighted by Crippen LogP contribution is -2.10. The van der Waals surface area contributed by atoms with Gasteiger partial charge >= 0.3 is 0 Å². The molecule has 0 fully saturated rings. The molecular weight excluding hydrogens is 252 g/mol. The van der Waals surface area contributed by atoms with E-state index in [1.807, 2.05) is 37.3 Å². The first-order valence-electron chi connectivity index (χ1n) is 6.37. The maximum absolute atomic E-state index is 5.61. The van der Waals surface area contributed by atoms with Crippen LogP contribution in [-0.2, 0) is 0 Å². The van der Waals surface area contributed by atoms with E-state index in [-0.39, 0.29) is 0 Å². The van der Waals surface area contributed by atoms with Gasteiger partial charge < -0.3 is 10.2 Å². The van der Waals surface area contributed by atoms with Gasteiger partial charge in [0.05, 0.1) is 6.61 Å². The fourth-order valence-electron chi connectivity index (χ4n) is 1.62. The summed E-state index contributed by atoms with van der Waals surface area (Å²) in [6.45, 7) is 6.34. The van der Waals surface area contributed by atoms with E-state index in [1.165, 1.54) is 0 Å². The van der Waals surface area contributed by atoms with E-state index in [0.717, 1.165) is 17.6 Å². The zero-order valence-electron chi connectivity index (χ0n) is 11.5. The van der Waals surface area contributed by atoms with Gasteiger partial charge in [0, 0.05) is 18.1 Å². The number of hydrazine groups is 1. The van der Waals surface area contributed by atoms with Crippen LogP contribution in [0.3, 0.4) is 0 Å². The van der Waals surface area contributed by atoms with Crippen molar-refractivity contribution >= 4 is 5.82 Å². The molecule has 20 heavy (non-hydrogen) atoms. The van der Waals surface area contributed by atoms with Crippen molar-refractivity contribution in [3.05, 3.63) is 48.6 Å². The van der Waals surface area contributed by atoms with Gasteiger partial charge in [0.15, 0.2) is 5.82 Å². The van der Waals surface area contributed by atoms with Crippen LogP contribution in [0.15, 0.2) is 48.6 Å². The smallest absolute Gasteiger partial charge is 0.219 e. The van der Waals surface area contributed by atoms with Crippen LogP contribution >= 0.6 is 0 Å². The van der Waals surface area contributed by atoms with E-state index in [2.05, 4.69) is 22.0 Å². The Balaban J connectivity index is 2.22. The second-order valence-corrected chi connectivity index (χ2v) is 4.48. The minimum absolute atomic E-state index is 0.494. The van der Waals surface area contributed by atoms with E-state index < -0.39 is 0 Å². The summed E-state index contributed by atoms with van der Waals surface area (Å²) in [5.41, 5.74) is 4.51. The number of nitrogen functional groups attached to an aromatic ring is 1. The van der Waals surface area contributed by atoms with Gasteiger partial charge in [-0.25, -0.2) is 10.8 Å². The minimum atomic E-state index is 0.494. The third-order valence-corrected chi connectivity index (χ3v) is 2.66. The molecule has 3 N–H and O–H groups in total. The van der Waals surface area contributed by atoms with Gasteiger partial charge in [0.1, 0.15) is 5.82 Å². The predicted molar refractivity (Wildman–Crippen MR) is 80.2 cm³/mol. The number of rotatable bonds is 6. The van der Waals surface area contributed by atoms with Crippen LogP contribution in [0.4, 0.5) is 5.82 Å². The predicted octanol–water partition coefficient (Wildman–Crippen LogP) is 2.77. The van der Waals surface area contributed by atoms with Gasteiger partial charge in [-0.2, -0.15) is 4.98 Å². The van der Waals surface area contributed by atoms with Gasteiger partial charge in [-0.3, -0.25) is 0 Å². The Morgan fingerprint density at radius 2 is 2.05 bits per heavy atom. The molecule has 0 bridgehead atoms. The normalized spacial score (nSPS) is 10.1. The fourth-order valence-corrected chi connectivity index (χ4v) is 1.62. The molecule has 1 heterocycles. The van der Waals surface area contributed by atoms with Crippen molar-refractivity contribution in [3.8, 4) is 17.3 Å². The molecule has 0 atom stereocenters. The third-order valence-electron chi connectivity index (χ3n) is 2.66. The van der Waals surface area contributed by atoms with Crippen molar-refractivity contribution in [2.75, 3.05) is 12.0 Å². The molecule has 0 radical (unpaired) electrons. The average Bonchev–Trinajstić information content (AvgIpc) is 2.47. The van der Waals surface area contributed by atoms with Crippen molar-refractivity contribution < 1.29 is 4.74 Å². The Hall–Kier alpha value is -2.40. The molecule has 0 aliphatic rings. The number of nitrogens with two attached hydrogens (primary N) is 1. The van der Waals surface area contributed by atoms with Crippen LogP contribution in [-0.4, -0.2) is 16.6 Å². The number of hydrogen-bond acceptors (Lipinski definition) is 5. The molecule has 2 aromatic rings. The second kappa shape index (κ2) is 6.68. The van der Waals surface area contributed by atoms with Crippen molar-refractivity contribution in [3.63, 3.8) is 0 Å². The molecule has 5 heteroatoms. The Kier molecular flexibility index (Phi) is 4.68. The van der Waals surface area contributed by atoms with Crippen LogP contribution in [0.2, 0.25) is 0 Å². The maximum atomic E-state index is 5.61. The summed E-state index contributed by atoms with van der Waals surface area (Å²) < 4.78 is 5.61. The molecular formula is C15H18N4O. The molecule has 1 aromatic heterocycles. The summed E-state index contributed by atoms with van der Waals surface area (Å²) in [5, 5.41) is 0. The van der Waals surface area contributed by atoms with E-state index in [1.54, 1.807) is 6.07 Å². The molecule has 5 nitrogen and oxygen atoms in total. The van der Waals surface area contributed by atoms with Crippen molar-refractivity contribution in [1.29, 1.82) is 0 Å². The maximum Gasteiger partial charge on any atom is 0.219 e. The van der Waals surface area contributed by atoms with E-state index in [4.69, 9.17) is 10.6 Å². The number of nitrogens with zero attached hydrogens (tertiary/aromatic N) is 2. The van der Waals surface area contributed by atoms with Gasteiger partial charge in [-0.1, -0.05) is 35.9 Å². The first-order valence-corrected chi connectivity index (χ1v) is 6.37. The van der Waals surface area contributed by atoms with Gasteiger partial charge in [-0.05, 0) is 6.92 Å². The van der Waals surface area contributed by atoms with Crippen molar-refractivity contribution in [2.45, 2.75) is 13.3 Å². The zero-order valence-corrected chi connectivity index (χ0v) is 11.5. The van der Waals surface area contributed by atoms with Crippen LogP contribution in [0.5, 0.6) is 5.88 Å². The summed E-state index contributed by atoms with van der Waals surface area (Å²) in [5.74, 6) is 7.02. The van der Waals surface area contributed by atoms with Crippen LogP contribution in [0, 0.1) is 0 Å². The Morgan fingerprint density at radius 1 is 1.30 bits per heavy atom. The molecule has 0 amide bonds. The summed E-state index contributed by atoms with van der Waals surface area (Å²) in [4.78, 5) is 8.71. The highest BCUT2D eigenvalue weighted by molar-refractivity contribution is 5.57. The van der Waals surface area contributed by atoms with E-state index >= 15 is 0 Å². The first kappa shape index (κ1) is 14.0. The standard InChI is InChI=1S/C15H18N4O/c1-11(2)8-9-20-14-10-13(19-16)17-15(18-14)12-6-4-3-5-7-12/h3-7,10H,1,8-9,16H2,2H3,(H,17,18,19). The highest BCUT2D eigenvalue weighted by Gasteiger charge is 2.07. The molecule has 0 saturated heterocycles. The van der Waals surface area contributed by atoms with Crippen molar-refractivity contribution in [1.82, 2.24) is 9.97 Å². The number of ether oxygens (including phenoxy) is 1. The highest BCUT2D eigenvalue weighted by atomic mass is 16.5. The monoisotopic (exact) mass is 270 g/mol. The second-order valence-electron chi connectivity index (χ2n) is 4.48. The Labute approximate surface area is 118 Å². The highest BCUT2D eigenvalue weighted by Crippen LogP contribution is 2.21. The van der Waals surface area contributed by atoms with Crippen LogP contribution < -0.4 is 16.0 Å². The minimum Gasteiger partial charge on any atom is -0.477 e. The van der Waals surface area contributed by atoms with Crippen LogP contribution in [0.25, 0.3) is 11.4 Å². The lowest BCUT2D eigenvalue weighted by atomic mass is 10.2. The summed E-state index contributed by atoms with van der Waals surface area (Å²) in [6, 6.07) is 11.4. The Morgan fingerprint density at radius 3 is 2.70 bits per heavy atom. The Bertz CT molecular complexity index is 584. The molecule has 104 valence electrons. The third kappa shape index (κ3) is 3.80. The van der Waals surface area contributed by atoms with Gasteiger partial charge in [0.25, 0.3) is 0 Å². The average molecular weight is 270 g/mol. The van der Waals surface area contributed by atoms with Crippen LogP contribution in [0.1, 0.15) is 13.3 Å². The van der Waals surface area contributed by atoms with Gasteiger partial charge in [-0.15, -0.1) is 6.58 Å². The molecule has 2 rings (SSSR count). The van der Waals surface area contributed by atoms with Crippen molar-refractivity contribution in [2.24, 2.45) is 5.84 Å². The molecule has 0 aliphatic carbocycles. The summed E-state index contributed by atoms with van der Waals surface area (Å²) in [6.07, 6.45) is 0.788. The molecule has 0 saturated carbocycles. The number of hydrogen-bond donors (Lipinski definition) is 2. The lowest BCUT2D eigenvalue weighted by Gasteiger charge is -2.09. The largest absolute Gasteiger partial charge is 0.477 e. The van der Waals surface area contributed by atoms with Gasteiger partial charge in [0.2, 0.25) is 5.88 Å². The summed E-state index contributed by atoms with van der Waals surface area (Å²) in [7, 11) is 0. The summed E-state index contributed by atoms with van der Waals surface area (Å²) >= 11 is 0. The fraction of sp³-hybridized carbons (Fsp3) is 0.200. The SMILES string of the molecule is C=C(C)CCOc1cc(NN)nc(-c2ccccc2)n1. The quantitative estimate of drug-likeness (QED) is 0.479. The molecule has 1 aromatic carbocycles. The first-order chi connectivity index (χ1) is 9.69. The zero-order chi connectivity index (χ0) is 14.4. The molecule has 0 unspecified atom stereocenters.